The fourth-order valence-corrected chi connectivity index (χ4v) is 3.30. The normalized spacial score (nSPS) is 18.3. The van der Waals surface area contributed by atoms with Crippen LogP contribution >= 0.6 is 15.9 Å². The Morgan fingerprint density at radius 2 is 2.10 bits per heavy atom. The highest BCUT2D eigenvalue weighted by molar-refractivity contribution is 9.09. The number of hydrogen-bond acceptors (Lipinski definition) is 3. The van der Waals surface area contributed by atoms with E-state index in [1.165, 1.54) is 0 Å². The van der Waals surface area contributed by atoms with Crippen LogP contribution in [0.2, 0.25) is 0 Å². The van der Waals surface area contributed by atoms with Crippen LogP contribution in [0.15, 0.2) is 30.6 Å². The van der Waals surface area contributed by atoms with Crippen LogP contribution in [0.1, 0.15) is 36.0 Å². The van der Waals surface area contributed by atoms with Gasteiger partial charge in [0.1, 0.15) is 0 Å². The molecule has 1 atom stereocenters. The lowest BCUT2D eigenvalue weighted by atomic mass is 10.1. The van der Waals surface area contributed by atoms with Crippen LogP contribution in [0, 0.1) is 0 Å². The first kappa shape index (κ1) is 14.4. The van der Waals surface area contributed by atoms with E-state index in [-0.39, 0.29) is 5.91 Å². The van der Waals surface area contributed by atoms with Gasteiger partial charge in [0, 0.05) is 35.9 Å². The third kappa shape index (κ3) is 3.07. The van der Waals surface area contributed by atoms with Crippen LogP contribution < -0.4 is 0 Å². The van der Waals surface area contributed by atoms with Crippen molar-refractivity contribution in [2.45, 2.75) is 31.7 Å². The van der Waals surface area contributed by atoms with Gasteiger partial charge in [0.2, 0.25) is 0 Å². The van der Waals surface area contributed by atoms with Crippen LogP contribution in [0.3, 0.4) is 0 Å². The van der Waals surface area contributed by atoms with E-state index in [2.05, 4.69) is 25.9 Å². The molecule has 1 amide bonds. The molecule has 0 bridgehead atoms. The lowest BCUT2D eigenvalue weighted by Gasteiger charge is -2.24. The van der Waals surface area contributed by atoms with Crippen LogP contribution in [-0.4, -0.2) is 38.7 Å². The summed E-state index contributed by atoms with van der Waals surface area (Å²) in [5.74, 6) is 0.125. The number of amides is 1. The number of carbonyl (C=O) groups excluding carboxylic acids is 1. The first-order valence-corrected chi connectivity index (χ1v) is 8.49. The molecule has 21 heavy (non-hydrogen) atoms. The molecule has 1 aromatic heterocycles. The smallest absolute Gasteiger partial charge is 0.254 e. The molecule has 4 nitrogen and oxygen atoms in total. The number of carbonyl (C=O) groups is 1. The minimum absolute atomic E-state index is 0.125. The summed E-state index contributed by atoms with van der Waals surface area (Å²) in [5.41, 5.74) is 2.32. The maximum Gasteiger partial charge on any atom is 0.254 e. The molecule has 0 aliphatic carbocycles. The van der Waals surface area contributed by atoms with Crippen LogP contribution in [0.5, 0.6) is 0 Å². The molecule has 0 N–H and O–H groups in total. The first-order chi connectivity index (χ1) is 10.3. The average molecular weight is 348 g/mol. The number of likely N-dealkylation sites (tertiary alicyclic amines) is 1. The van der Waals surface area contributed by atoms with Crippen molar-refractivity contribution in [1.29, 1.82) is 0 Å². The average Bonchev–Trinajstić information content (AvgIpc) is 3.00. The van der Waals surface area contributed by atoms with Crippen molar-refractivity contribution >= 4 is 32.9 Å². The maximum atomic E-state index is 12.7. The first-order valence-electron chi connectivity index (χ1n) is 7.37. The van der Waals surface area contributed by atoms with Gasteiger partial charge < -0.3 is 4.90 Å². The number of rotatable bonds is 4. The fourth-order valence-electron chi connectivity index (χ4n) is 2.98. The Labute approximate surface area is 132 Å². The van der Waals surface area contributed by atoms with Crippen molar-refractivity contribution in [3.63, 3.8) is 0 Å². The number of hydrogen-bond donors (Lipinski definition) is 0. The number of benzene rings is 1. The molecule has 1 aromatic carbocycles. The second kappa shape index (κ2) is 6.52. The van der Waals surface area contributed by atoms with Crippen LogP contribution in [0.25, 0.3) is 11.0 Å². The van der Waals surface area contributed by atoms with Crippen LogP contribution in [0.4, 0.5) is 0 Å². The Morgan fingerprint density at radius 3 is 2.90 bits per heavy atom. The van der Waals surface area contributed by atoms with Crippen molar-refractivity contribution in [3.05, 3.63) is 36.2 Å². The molecule has 1 aliphatic rings. The van der Waals surface area contributed by atoms with E-state index in [0.29, 0.717) is 11.6 Å². The largest absolute Gasteiger partial charge is 0.336 e. The molecular weight excluding hydrogens is 330 g/mol. The Kier molecular flexibility index (Phi) is 4.48. The molecule has 0 radical (unpaired) electrons. The minimum atomic E-state index is 0.125. The number of alkyl halides is 1. The van der Waals surface area contributed by atoms with E-state index in [4.69, 9.17) is 0 Å². The lowest BCUT2D eigenvalue weighted by molar-refractivity contribution is 0.0730. The van der Waals surface area contributed by atoms with Crippen molar-refractivity contribution in [1.82, 2.24) is 14.9 Å². The van der Waals surface area contributed by atoms with Gasteiger partial charge in [-0.05, 0) is 43.9 Å². The quantitative estimate of drug-likeness (QED) is 0.796. The second-order valence-electron chi connectivity index (χ2n) is 5.39. The number of nitrogens with zero attached hydrogens (tertiary/aromatic N) is 3. The van der Waals surface area contributed by atoms with Gasteiger partial charge >= 0.3 is 0 Å². The summed E-state index contributed by atoms with van der Waals surface area (Å²) in [6.07, 6.45) is 7.73. The van der Waals surface area contributed by atoms with E-state index in [9.17, 15) is 4.79 Å². The van der Waals surface area contributed by atoms with Crippen molar-refractivity contribution in [3.8, 4) is 0 Å². The zero-order valence-electron chi connectivity index (χ0n) is 11.8. The third-order valence-electron chi connectivity index (χ3n) is 4.03. The molecule has 2 heterocycles. The van der Waals surface area contributed by atoms with E-state index in [0.717, 1.165) is 48.6 Å². The zero-order chi connectivity index (χ0) is 14.7. The number of halogens is 1. The van der Waals surface area contributed by atoms with E-state index in [1.54, 1.807) is 12.4 Å². The van der Waals surface area contributed by atoms with Crippen LogP contribution in [-0.2, 0) is 0 Å². The highest BCUT2D eigenvalue weighted by atomic mass is 79.9. The van der Waals surface area contributed by atoms with E-state index in [1.807, 2.05) is 23.1 Å². The predicted octanol–water partition coefficient (Wildman–Crippen LogP) is 3.41. The Morgan fingerprint density at radius 1 is 1.29 bits per heavy atom. The number of aromatic nitrogens is 2. The molecule has 0 spiro atoms. The molecule has 110 valence electrons. The monoisotopic (exact) mass is 347 g/mol. The molecule has 1 unspecified atom stereocenters. The summed E-state index contributed by atoms with van der Waals surface area (Å²) >= 11 is 3.47. The fraction of sp³-hybridized carbons (Fsp3) is 0.438. The molecule has 2 aromatic rings. The standard InChI is InChI=1S/C16H18BrN3O/c17-7-1-3-13-4-2-10-20(13)16(21)12-5-6-14-15(11-12)19-9-8-18-14/h5-6,8-9,11,13H,1-4,7,10H2. The number of fused-ring (bicyclic) bond motifs is 1. The predicted molar refractivity (Wildman–Crippen MR) is 86.6 cm³/mol. The topological polar surface area (TPSA) is 46.1 Å². The van der Waals surface area contributed by atoms with Gasteiger partial charge in [-0.25, -0.2) is 0 Å². The molecule has 1 saturated heterocycles. The summed E-state index contributed by atoms with van der Waals surface area (Å²) in [4.78, 5) is 23.3. The summed E-state index contributed by atoms with van der Waals surface area (Å²) in [6, 6.07) is 5.97. The molecule has 3 rings (SSSR count). The molecule has 5 heteroatoms. The second-order valence-corrected chi connectivity index (χ2v) is 6.18. The van der Waals surface area contributed by atoms with Gasteiger partial charge in [-0.2, -0.15) is 0 Å². The zero-order valence-corrected chi connectivity index (χ0v) is 13.4. The highest BCUT2D eigenvalue weighted by Gasteiger charge is 2.28. The SMILES string of the molecule is O=C(c1ccc2nccnc2c1)N1CCCC1CCCBr. The highest BCUT2D eigenvalue weighted by Crippen LogP contribution is 2.24. The van der Waals surface area contributed by atoms with Crippen molar-refractivity contribution in [2.24, 2.45) is 0 Å². The summed E-state index contributed by atoms with van der Waals surface area (Å²) in [5, 5.41) is 0.997. The van der Waals surface area contributed by atoms with Gasteiger partial charge in [0.15, 0.2) is 0 Å². The molecular formula is C16H18BrN3O. The molecule has 1 fully saturated rings. The summed E-state index contributed by atoms with van der Waals surface area (Å²) in [7, 11) is 0. The van der Waals surface area contributed by atoms with Crippen molar-refractivity contribution < 1.29 is 4.79 Å². The summed E-state index contributed by atoms with van der Waals surface area (Å²) in [6.45, 7) is 0.865. The lowest BCUT2D eigenvalue weighted by Crippen LogP contribution is -2.35. The third-order valence-corrected chi connectivity index (χ3v) is 4.59. The van der Waals surface area contributed by atoms with Gasteiger partial charge in [0.25, 0.3) is 5.91 Å². The van der Waals surface area contributed by atoms with E-state index >= 15 is 0 Å². The van der Waals surface area contributed by atoms with Gasteiger partial charge in [0.05, 0.1) is 11.0 Å². The molecule has 0 saturated carbocycles. The Bertz CT molecular complexity index is 646. The van der Waals surface area contributed by atoms with Gasteiger partial charge in [-0.3, -0.25) is 14.8 Å². The minimum Gasteiger partial charge on any atom is -0.336 e. The summed E-state index contributed by atoms with van der Waals surface area (Å²) < 4.78 is 0. The maximum absolute atomic E-state index is 12.7. The molecule has 1 aliphatic heterocycles. The van der Waals surface area contributed by atoms with Gasteiger partial charge in [-0.1, -0.05) is 15.9 Å². The van der Waals surface area contributed by atoms with Gasteiger partial charge in [-0.15, -0.1) is 0 Å². The Balaban J connectivity index is 1.82. The Hall–Kier alpha value is -1.49. The van der Waals surface area contributed by atoms with Crippen molar-refractivity contribution in [2.75, 3.05) is 11.9 Å². The van der Waals surface area contributed by atoms with E-state index < -0.39 is 0 Å².